The Morgan fingerprint density at radius 3 is 2.56 bits per heavy atom. The van der Waals surface area contributed by atoms with E-state index in [2.05, 4.69) is 26.8 Å². The molecular formula is C34H48O9. The Hall–Kier alpha value is -1.88. The number of carbonyl (C=O) groups excluding carboxylic acids is 2. The van der Waals surface area contributed by atoms with Gasteiger partial charge in [0.25, 0.3) is 0 Å². The van der Waals surface area contributed by atoms with Crippen LogP contribution in [0.25, 0.3) is 0 Å². The lowest BCUT2D eigenvalue weighted by atomic mass is 9.47. The number of hydrogen-bond donors (Lipinski definition) is 4. The van der Waals surface area contributed by atoms with E-state index in [0.717, 1.165) is 44.1 Å². The minimum absolute atomic E-state index is 0.131. The highest BCUT2D eigenvalue weighted by Crippen LogP contribution is 2.66. The van der Waals surface area contributed by atoms with E-state index in [-0.39, 0.29) is 35.2 Å². The minimum atomic E-state index is -1.55. The van der Waals surface area contributed by atoms with Gasteiger partial charge in [0.1, 0.15) is 30.5 Å². The first kappa shape index (κ1) is 31.1. The summed E-state index contributed by atoms with van der Waals surface area (Å²) in [6.45, 7) is 8.03. The van der Waals surface area contributed by atoms with Crippen LogP contribution in [0.15, 0.2) is 34.9 Å². The van der Waals surface area contributed by atoms with Crippen molar-refractivity contribution in [2.24, 2.45) is 40.4 Å². The summed E-state index contributed by atoms with van der Waals surface area (Å²) >= 11 is 0. The summed E-state index contributed by atoms with van der Waals surface area (Å²) in [5, 5.41) is 39.8. The third-order valence-electron chi connectivity index (χ3n) is 12.7. The van der Waals surface area contributed by atoms with Crippen molar-refractivity contribution in [3.63, 3.8) is 0 Å². The standard InChI is InChI=1S/C34H48O9/c1-17-14-25(42-31(40)21(17)16-41-32-30(39)29(38)28(37)26(15-35)43-32)18(2)22-10-11-23-20-9-8-19-6-5-7-27(36)34(19,4)24(20)12-13-33(22,23)3/h5,7-8,18,20,22-26,28-30,32,35,37-39H,6,9-16H2,1-4H3/t18-,20-,22+,23-,24-,25+,26+,28+,29-,30+,32+,33+,34-/m0/s1. The molecule has 0 spiro atoms. The first-order chi connectivity index (χ1) is 20.4. The number of esters is 1. The Morgan fingerprint density at radius 1 is 1.07 bits per heavy atom. The van der Waals surface area contributed by atoms with Crippen LogP contribution in [0.1, 0.15) is 72.6 Å². The van der Waals surface area contributed by atoms with Crippen molar-refractivity contribution in [2.75, 3.05) is 13.2 Å². The van der Waals surface area contributed by atoms with Crippen LogP contribution < -0.4 is 0 Å². The van der Waals surface area contributed by atoms with Crippen LogP contribution in [-0.2, 0) is 23.8 Å². The topological polar surface area (TPSA) is 143 Å². The molecule has 0 unspecified atom stereocenters. The number of ketones is 1. The molecule has 0 aromatic rings. The SMILES string of the molecule is CC1=C(CO[C@@H]2O[C@H](CO)[C@@H](O)[C@H](O)[C@H]2O)C(=O)O[C@@H]([C@@H](C)[C@H]2CC[C@H]3[C@@H]4CC=C5CC=CC(=O)[C@]5(C)[C@H]4CC[C@]23C)C1. The van der Waals surface area contributed by atoms with E-state index in [9.17, 15) is 30.0 Å². The number of hydrogen-bond acceptors (Lipinski definition) is 9. The van der Waals surface area contributed by atoms with E-state index in [1.165, 1.54) is 5.57 Å². The van der Waals surface area contributed by atoms with Crippen molar-refractivity contribution in [1.29, 1.82) is 0 Å². The van der Waals surface area contributed by atoms with Crippen LogP contribution in [0, 0.1) is 40.4 Å². The molecule has 6 aliphatic rings. The van der Waals surface area contributed by atoms with Gasteiger partial charge in [-0.25, -0.2) is 4.79 Å². The van der Waals surface area contributed by atoms with Crippen LogP contribution in [0.5, 0.6) is 0 Å². The van der Waals surface area contributed by atoms with Crippen molar-refractivity contribution in [2.45, 2.75) is 109 Å². The molecule has 1 saturated heterocycles. The first-order valence-corrected chi connectivity index (χ1v) is 16.1. The maximum Gasteiger partial charge on any atom is 0.336 e. The second kappa shape index (κ2) is 11.5. The average Bonchev–Trinajstić information content (AvgIpc) is 3.34. The number of carbonyl (C=O) groups is 2. The van der Waals surface area contributed by atoms with Crippen LogP contribution in [-0.4, -0.2) is 82.2 Å². The fourth-order valence-electron chi connectivity index (χ4n) is 10.0. The van der Waals surface area contributed by atoms with Gasteiger partial charge in [-0.15, -0.1) is 0 Å². The Morgan fingerprint density at radius 2 is 1.84 bits per heavy atom. The summed E-state index contributed by atoms with van der Waals surface area (Å²) < 4.78 is 17.1. The molecule has 9 heteroatoms. The molecule has 0 radical (unpaired) electrons. The number of allylic oxidation sites excluding steroid dienone is 4. The molecule has 3 fully saturated rings. The summed E-state index contributed by atoms with van der Waals surface area (Å²) in [7, 11) is 0. The first-order valence-electron chi connectivity index (χ1n) is 16.1. The maximum atomic E-state index is 13.2. The molecule has 0 bridgehead atoms. The zero-order chi connectivity index (χ0) is 30.8. The van der Waals surface area contributed by atoms with E-state index in [4.69, 9.17) is 14.2 Å². The fourth-order valence-corrected chi connectivity index (χ4v) is 10.0. The Kier molecular flexibility index (Phi) is 8.31. The Labute approximate surface area is 254 Å². The fraction of sp³-hybridized carbons (Fsp3) is 0.765. The smallest absolute Gasteiger partial charge is 0.336 e. The quantitative estimate of drug-likeness (QED) is 0.267. The number of aliphatic hydroxyl groups is 4. The van der Waals surface area contributed by atoms with Gasteiger partial charge in [-0.2, -0.15) is 0 Å². The van der Waals surface area contributed by atoms with Gasteiger partial charge in [0.2, 0.25) is 0 Å². The normalized spacial score (nSPS) is 46.9. The second-order valence-electron chi connectivity index (χ2n) is 14.5. The molecular weight excluding hydrogens is 552 g/mol. The summed E-state index contributed by atoms with van der Waals surface area (Å²) in [6, 6.07) is 0. The van der Waals surface area contributed by atoms with Crippen LogP contribution in [0.3, 0.4) is 0 Å². The van der Waals surface area contributed by atoms with Crippen molar-refractivity contribution < 1.29 is 44.2 Å². The zero-order valence-corrected chi connectivity index (χ0v) is 25.8. The summed E-state index contributed by atoms with van der Waals surface area (Å²) in [4.78, 5) is 26.5. The van der Waals surface area contributed by atoms with E-state index >= 15 is 0 Å². The van der Waals surface area contributed by atoms with Crippen LogP contribution >= 0.6 is 0 Å². The number of fused-ring (bicyclic) bond motifs is 5. The van der Waals surface area contributed by atoms with Gasteiger partial charge in [-0.1, -0.05) is 37.1 Å². The maximum absolute atomic E-state index is 13.2. The largest absolute Gasteiger partial charge is 0.458 e. The Balaban J connectivity index is 1.12. The molecule has 4 aliphatic carbocycles. The predicted molar refractivity (Wildman–Crippen MR) is 156 cm³/mol. The molecule has 0 amide bonds. The third-order valence-corrected chi connectivity index (χ3v) is 12.7. The van der Waals surface area contributed by atoms with Crippen LogP contribution in [0.4, 0.5) is 0 Å². The highest BCUT2D eigenvalue weighted by Gasteiger charge is 2.61. The van der Waals surface area contributed by atoms with Gasteiger partial charge in [-0.3, -0.25) is 4.79 Å². The molecule has 2 heterocycles. The molecule has 2 aliphatic heterocycles. The molecule has 6 rings (SSSR count). The van der Waals surface area contributed by atoms with Gasteiger partial charge >= 0.3 is 5.97 Å². The lowest BCUT2D eigenvalue weighted by molar-refractivity contribution is -0.299. The van der Waals surface area contributed by atoms with E-state index in [0.29, 0.717) is 35.7 Å². The van der Waals surface area contributed by atoms with Gasteiger partial charge in [0.15, 0.2) is 12.1 Å². The lowest BCUT2D eigenvalue weighted by Gasteiger charge is -2.57. The number of ether oxygens (including phenoxy) is 3. The molecule has 2 saturated carbocycles. The monoisotopic (exact) mass is 600 g/mol. The third kappa shape index (κ3) is 4.90. The van der Waals surface area contributed by atoms with Crippen molar-refractivity contribution >= 4 is 11.8 Å². The summed E-state index contributed by atoms with van der Waals surface area (Å²) in [5.41, 5.74) is 2.31. The molecule has 238 valence electrons. The highest BCUT2D eigenvalue weighted by molar-refractivity contribution is 5.98. The van der Waals surface area contributed by atoms with E-state index in [1.54, 1.807) is 0 Å². The van der Waals surface area contributed by atoms with Gasteiger partial charge in [0.05, 0.1) is 24.2 Å². The number of cyclic esters (lactones) is 1. The molecule has 13 atom stereocenters. The van der Waals surface area contributed by atoms with Crippen molar-refractivity contribution in [3.05, 3.63) is 34.9 Å². The molecule has 9 nitrogen and oxygen atoms in total. The summed E-state index contributed by atoms with van der Waals surface area (Å²) in [5.74, 6) is 1.84. The Bertz CT molecular complexity index is 1220. The minimum Gasteiger partial charge on any atom is -0.458 e. The van der Waals surface area contributed by atoms with E-state index in [1.807, 2.05) is 19.1 Å². The van der Waals surface area contributed by atoms with Crippen molar-refractivity contribution in [3.8, 4) is 0 Å². The van der Waals surface area contributed by atoms with Crippen molar-refractivity contribution in [1.82, 2.24) is 0 Å². The molecule has 43 heavy (non-hydrogen) atoms. The summed E-state index contributed by atoms with van der Waals surface area (Å²) in [6.07, 6.45) is 5.92. The van der Waals surface area contributed by atoms with Gasteiger partial charge in [0, 0.05) is 6.42 Å². The zero-order valence-electron chi connectivity index (χ0n) is 25.8. The second-order valence-corrected chi connectivity index (χ2v) is 14.5. The highest BCUT2D eigenvalue weighted by atomic mass is 16.7. The number of aliphatic hydroxyl groups excluding tert-OH is 4. The van der Waals surface area contributed by atoms with Crippen LogP contribution in [0.2, 0.25) is 0 Å². The van der Waals surface area contributed by atoms with Gasteiger partial charge in [-0.05, 0) is 93.5 Å². The molecule has 0 aromatic heterocycles. The average molecular weight is 601 g/mol. The van der Waals surface area contributed by atoms with E-state index < -0.39 is 43.3 Å². The predicted octanol–water partition coefficient (Wildman–Crippen LogP) is 3.00. The lowest BCUT2D eigenvalue weighted by Crippen LogP contribution is -2.59. The molecule has 4 N–H and O–H groups in total. The van der Waals surface area contributed by atoms with Gasteiger partial charge < -0.3 is 34.6 Å². The number of rotatable bonds is 6. The molecule has 0 aromatic carbocycles.